The van der Waals surface area contributed by atoms with Crippen LogP contribution in [0.5, 0.6) is 0 Å². The maximum Gasteiger partial charge on any atom is 0.110 e. The molecule has 0 amide bonds. The quantitative estimate of drug-likeness (QED) is 0.785. The first-order chi connectivity index (χ1) is 10.8. The lowest BCUT2D eigenvalue weighted by Gasteiger charge is -2.10. The van der Waals surface area contributed by atoms with Gasteiger partial charge in [-0.1, -0.05) is 30.3 Å². The number of hydrogen-bond acceptors (Lipinski definition) is 3. The van der Waals surface area contributed by atoms with Crippen molar-refractivity contribution in [3.05, 3.63) is 65.5 Å². The van der Waals surface area contributed by atoms with Crippen molar-refractivity contribution in [3.8, 4) is 6.07 Å². The Labute approximate surface area is 129 Å². The Bertz CT molecular complexity index is 826. The van der Waals surface area contributed by atoms with Crippen LogP contribution in [0.2, 0.25) is 0 Å². The number of aryl methyl sites for hydroxylation is 1. The maximum atomic E-state index is 9.28. The highest BCUT2D eigenvalue weighted by atomic mass is 15.1. The number of benzene rings is 2. The van der Waals surface area contributed by atoms with Crippen molar-refractivity contribution >= 4 is 11.0 Å². The molecule has 4 nitrogen and oxygen atoms in total. The second-order valence-electron chi connectivity index (χ2n) is 5.26. The van der Waals surface area contributed by atoms with E-state index in [4.69, 9.17) is 10.7 Å². The van der Waals surface area contributed by atoms with E-state index in [1.165, 1.54) is 0 Å². The van der Waals surface area contributed by atoms with Crippen molar-refractivity contribution in [3.63, 3.8) is 0 Å². The van der Waals surface area contributed by atoms with Crippen molar-refractivity contribution in [2.75, 3.05) is 6.54 Å². The summed E-state index contributed by atoms with van der Waals surface area (Å²) in [7, 11) is 0. The van der Waals surface area contributed by atoms with Crippen LogP contribution in [-0.2, 0) is 13.0 Å². The zero-order valence-electron chi connectivity index (χ0n) is 12.4. The van der Waals surface area contributed by atoms with Crippen LogP contribution in [0.1, 0.15) is 23.4 Å². The third kappa shape index (κ3) is 2.72. The van der Waals surface area contributed by atoms with Gasteiger partial charge >= 0.3 is 0 Å². The maximum absolute atomic E-state index is 9.28. The first kappa shape index (κ1) is 14.3. The van der Waals surface area contributed by atoms with E-state index in [0.717, 1.165) is 35.3 Å². The average molecular weight is 290 g/mol. The summed E-state index contributed by atoms with van der Waals surface area (Å²) in [6, 6.07) is 18.1. The molecule has 2 N–H and O–H groups in total. The number of imidazole rings is 1. The van der Waals surface area contributed by atoms with Crippen LogP contribution in [0.4, 0.5) is 0 Å². The number of rotatable bonds is 5. The van der Waals surface area contributed by atoms with Crippen molar-refractivity contribution in [2.45, 2.75) is 19.4 Å². The predicted octanol–water partition coefficient (Wildman–Crippen LogP) is 2.85. The molecule has 110 valence electrons. The molecule has 0 fully saturated rings. The highest BCUT2D eigenvalue weighted by molar-refractivity contribution is 5.76. The molecule has 0 unspecified atom stereocenters. The lowest BCUT2D eigenvalue weighted by molar-refractivity contribution is 0.703. The van der Waals surface area contributed by atoms with Crippen LogP contribution in [-0.4, -0.2) is 16.1 Å². The molecule has 0 bridgehead atoms. The molecule has 0 radical (unpaired) electrons. The molecule has 0 aliphatic heterocycles. The molecule has 3 aromatic rings. The van der Waals surface area contributed by atoms with Gasteiger partial charge in [0.2, 0.25) is 0 Å². The van der Waals surface area contributed by atoms with Crippen LogP contribution >= 0.6 is 0 Å². The Morgan fingerprint density at radius 3 is 2.68 bits per heavy atom. The lowest BCUT2D eigenvalue weighted by atomic mass is 10.1. The van der Waals surface area contributed by atoms with Crippen molar-refractivity contribution in [2.24, 2.45) is 5.73 Å². The molecule has 1 aromatic heterocycles. The van der Waals surface area contributed by atoms with Gasteiger partial charge in [0, 0.05) is 6.42 Å². The van der Waals surface area contributed by atoms with Gasteiger partial charge in [0.05, 0.1) is 29.2 Å². The third-order valence-electron chi connectivity index (χ3n) is 3.80. The van der Waals surface area contributed by atoms with E-state index >= 15 is 0 Å². The van der Waals surface area contributed by atoms with Crippen LogP contribution in [0, 0.1) is 11.3 Å². The molecule has 0 aliphatic carbocycles. The van der Waals surface area contributed by atoms with Gasteiger partial charge in [-0.05, 0) is 36.7 Å². The van der Waals surface area contributed by atoms with Crippen molar-refractivity contribution in [1.82, 2.24) is 9.55 Å². The van der Waals surface area contributed by atoms with Gasteiger partial charge in [0.1, 0.15) is 5.82 Å². The highest BCUT2D eigenvalue weighted by Crippen LogP contribution is 2.20. The van der Waals surface area contributed by atoms with Gasteiger partial charge in [0.15, 0.2) is 0 Å². The molecule has 2 aromatic carbocycles. The number of nitriles is 1. The fraction of sp³-hybridized carbons (Fsp3) is 0.222. The summed E-state index contributed by atoms with van der Waals surface area (Å²) in [5.41, 5.74) is 9.46. The number of hydrogen-bond donors (Lipinski definition) is 1. The van der Waals surface area contributed by atoms with Gasteiger partial charge in [-0.15, -0.1) is 0 Å². The summed E-state index contributed by atoms with van der Waals surface area (Å²) >= 11 is 0. The van der Waals surface area contributed by atoms with E-state index in [2.05, 4.69) is 16.7 Å². The van der Waals surface area contributed by atoms with E-state index in [0.29, 0.717) is 18.7 Å². The number of para-hydroxylation sites is 2. The molecule has 1 heterocycles. The first-order valence-electron chi connectivity index (χ1n) is 7.45. The number of fused-ring (bicyclic) bond motifs is 1. The summed E-state index contributed by atoms with van der Waals surface area (Å²) in [6.45, 7) is 1.31. The number of nitrogens with two attached hydrogens (primary N) is 1. The lowest BCUT2D eigenvalue weighted by Crippen LogP contribution is -2.09. The minimum absolute atomic E-state index is 0.651. The Balaban J connectivity index is 2.06. The first-order valence-corrected chi connectivity index (χ1v) is 7.45. The second-order valence-corrected chi connectivity index (χ2v) is 5.26. The zero-order chi connectivity index (χ0) is 15.4. The Morgan fingerprint density at radius 2 is 1.86 bits per heavy atom. The topological polar surface area (TPSA) is 67.6 Å². The minimum atomic E-state index is 0.651. The molecule has 0 saturated carbocycles. The van der Waals surface area contributed by atoms with E-state index < -0.39 is 0 Å². The van der Waals surface area contributed by atoms with E-state index in [9.17, 15) is 5.26 Å². The van der Waals surface area contributed by atoms with Crippen LogP contribution in [0.3, 0.4) is 0 Å². The Morgan fingerprint density at radius 1 is 1.09 bits per heavy atom. The SMILES string of the molecule is N#Cc1ccccc1Cn1c(CCCN)nc2ccccc21. The number of nitrogens with zero attached hydrogens (tertiary/aromatic N) is 3. The normalized spacial score (nSPS) is 10.7. The summed E-state index contributed by atoms with van der Waals surface area (Å²) in [5.74, 6) is 1.03. The summed E-state index contributed by atoms with van der Waals surface area (Å²) in [5, 5.41) is 9.28. The molecular formula is C18H18N4. The minimum Gasteiger partial charge on any atom is -0.330 e. The highest BCUT2D eigenvalue weighted by Gasteiger charge is 2.12. The van der Waals surface area contributed by atoms with Gasteiger partial charge < -0.3 is 10.3 Å². The smallest absolute Gasteiger partial charge is 0.110 e. The van der Waals surface area contributed by atoms with E-state index in [-0.39, 0.29) is 0 Å². The Hall–Kier alpha value is -2.64. The fourth-order valence-electron chi connectivity index (χ4n) is 2.69. The molecule has 0 saturated heterocycles. The zero-order valence-corrected chi connectivity index (χ0v) is 12.4. The summed E-state index contributed by atoms with van der Waals surface area (Å²) in [6.07, 6.45) is 1.75. The van der Waals surface area contributed by atoms with Gasteiger partial charge in [-0.2, -0.15) is 5.26 Å². The van der Waals surface area contributed by atoms with Crippen molar-refractivity contribution in [1.29, 1.82) is 5.26 Å². The monoisotopic (exact) mass is 290 g/mol. The second kappa shape index (κ2) is 6.42. The standard InChI is InChI=1S/C18H18N4/c19-11-5-10-18-21-16-8-3-4-9-17(16)22(18)13-15-7-2-1-6-14(15)12-20/h1-4,6-9H,5,10-11,13,19H2. The summed E-state index contributed by atoms with van der Waals surface area (Å²) in [4.78, 5) is 4.73. The van der Waals surface area contributed by atoms with Crippen LogP contribution in [0.25, 0.3) is 11.0 Å². The molecule has 0 aliphatic rings. The summed E-state index contributed by atoms with van der Waals surface area (Å²) < 4.78 is 2.20. The molecule has 0 spiro atoms. The number of aromatic nitrogens is 2. The average Bonchev–Trinajstić information content (AvgIpc) is 2.91. The van der Waals surface area contributed by atoms with Crippen LogP contribution in [0.15, 0.2) is 48.5 Å². The Kier molecular flexibility index (Phi) is 4.17. The molecule has 3 rings (SSSR count). The third-order valence-corrected chi connectivity index (χ3v) is 3.80. The van der Waals surface area contributed by atoms with Gasteiger partial charge in [-0.25, -0.2) is 4.98 Å². The van der Waals surface area contributed by atoms with E-state index in [1.807, 2.05) is 42.5 Å². The van der Waals surface area contributed by atoms with E-state index in [1.54, 1.807) is 0 Å². The fourth-order valence-corrected chi connectivity index (χ4v) is 2.69. The molecular weight excluding hydrogens is 272 g/mol. The molecule has 22 heavy (non-hydrogen) atoms. The van der Waals surface area contributed by atoms with Gasteiger partial charge in [-0.3, -0.25) is 0 Å². The van der Waals surface area contributed by atoms with Gasteiger partial charge in [0.25, 0.3) is 0 Å². The molecule has 0 atom stereocenters. The largest absolute Gasteiger partial charge is 0.330 e. The van der Waals surface area contributed by atoms with Crippen LogP contribution < -0.4 is 5.73 Å². The molecule has 4 heteroatoms. The van der Waals surface area contributed by atoms with Crippen molar-refractivity contribution < 1.29 is 0 Å². The predicted molar refractivity (Wildman–Crippen MR) is 87.4 cm³/mol.